The van der Waals surface area contributed by atoms with Crippen molar-refractivity contribution in [3.05, 3.63) is 35.0 Å². The third kappa shape index (κ3) is 2.69. The van der Waals surface area contributed by atoms with Gasteiger partial charge in [-0.1, -0.05) is 11.6 Å². The van der Waals surface area contributed by atoms with E-state index in [4.69, 9.17) is 16.3 Å². The molecular weight excluding hydrogens is 318 g/mol. The molecule has 0 unspecified atom stereocenters. The molecule has 1 fully saturated rings. The highest BCUT2D eigenvalue weighted by Gasteiger charge is 2.22. The molecule has 0 radical (unpaired) electrons. The molecule has 7 nitrogen and oxygen atoms in total. The number of carbonyl (C=O) groups excluding carboxylic acids is 1. The van der Waals surface area contributed by atoms with Crippen molar-refractivity contribution < 1.29 is 9.53 Å². The minimum Gasteiger partial charge on any atom is -0.378 e. The predicted octanol–water partition coefficient (Wildman–Crippen LogP) is 2.28. The number of nitrogens with zero attached hydrogens (tertiary/aromatic N) is 3. The van der Waals surface area contributed by atoms with Crippen LogP contribution in [0, 0.1) is 0 Å². The topological polar surface area (TPSA) is 79.4 Å². The molecule has 1 aromatic heterocycles. The molecule has 2 aliphatic heterocycles. The molecule has 0 aliphatic carbocycles. The summed E-state index contributed by atoms with van der Waals surface area (Å²) in [5.74, 6) is 0.131. The molecule has 2 aliphatic rings. The summed E-state index contributed by atoms with van der Waals surface area (Å²) in [7, 11) is 0. The summed E-state index contributed by atoms with van der Waals surface area (Å²) in [5, 5.41) is 14.0. The van der Waals surface area contributed by atoms with E-state index in [-0.39, 0.29) is 11.1 Å². The van der Waals surface area contributed by atoms with Crippen molar-refractivity contribution in [3.8, 4) is 0 Å². The molecule has 2 aromatic rings. The lowest BCUT2D eigenvalue weighted by Gasteiger charge is -2.29. The first-order valence-electron chi connectivity index (χ1n) is 7.29. The molecule has 0 atom stereocenters. The van der Waals surface area contributed by atoms with E-state index in [0.29, 0.717) is 30.3 Å². The zero-order valence-corrected chi connectivity index (χ0v) is 12.9. The minimum atomic E-state index is -0.262. The molecule has 3 heterocycles. The summed E-state index contributed by atoms with van der Waals surface area (Å²) in [4.78, 5) is 14.5. The van der Waals surface area contributed by atoms with Crippen molar-refractivity contribution in [2.45, 2.75) is 0 Å². The number of rotatable bonds is 1. The van der Waals surface area contributed by atoms with Crippen molar-refractivity contribution >= 4 is 40.4 Å². The van der Waals surface area contributed by atoms with Crippen LogP contribution in [0.25, 0.3) is 0 Å². The van der Waals surface area contributed by atoms with E-state index in [9.17, 15) is 4.79 Å². The van der Waals surface area contributed by atoms with Gasteiger partial charge in [-0.05, 0) is 24.3 Å². The monoisotopic (exact) mass is 331 g/mol. The van der Waals surface area contributed by atoms with E-state index in [1.807, 2.05) is 18.2 Å². The Labute approximate surface area is 137 Å². The van der Waals surface area contributed by atoms with Gasteiger partial charge in [-0.25, -0.2) is 0 Å². The maximum absolute atomic E-state index is 12.3. The Morgan fingerprint density at radius 2 is 1.91 bits per heavy atom. The number of carbonyl (C=O) groups is 1. The zero-order valence-electron chi connectivity index (χ0n) is 12.2. The van der Waals surface area contributed by atoms with Crippen LogP contribution >= 0.6 is 11.6 Å². The minimum absolute atomic E-state index is 0.181. The number of aromatic nitrogens is 2. The van der Waals surface area contributed by atoms with Gasteiger partial charge in [-0.15, -0.1) is 10.2 Å². The Bertz CT molecular complexity index is 776. The molecule has 8 heteroatoms. The summed E-state index contributed by atoms with van der Waals surface area (Å²) < 4.78 is 5.38. The Balaban J connectivity index is 1.72. The summed E-state index contributed by atoms with van der Waals surface area (Å²) >= 11 is 5.83. The second-order valence-electron chi connectivity index (χ2n) is 5.34. The van der Waals surface area contributed by atoms with E-state index < -0.39 is 0 Å². The molecule has 118 valence electrons. The Kier molecular flexibility index (Phi) is 3.51. The van der Waals surface area contributed by atoms with Crippen LogP contribution in [0.3, 0.4) is 0 Å². The number of anilines is 4. The van der Waals surface area contributed by atoms with Crippen LogP contribution in [0.1, 0.15) is 10.4 Å². The van der Waals surface area contributed by atoms with E-state index >= 15 is 0 Å². The fraction of sp³-hybridized carbons (Fsp3) is 0.267. The van der Waals surface area contributed by atoms with Crippen molar-refractivity contribution in [3.63, 3.8) is 0 Å². The summed E-state index contributed by atoms with van der Waals surface area (Å²) in [6.45, 7) is 3.12. The van der Waals surface area contributed by atoms with Crippen molar-refractivity contribution in [1.82, 2.24) is 10.2 Å². The average Bonchev–Trinajstić information content (AvgIpc) is 2.71. The standard InChI is InChI=1S/C15H14ClN5O2/c16-13-8-10-14(20-19-13)17-12-7-9(21-3-5-23-6-4-21)1-2-11(12)18-15(10)22/h1-2,7-8H,3-6H2,(H,17,20)(H,18,22). The van der Waals surface area contributed by atoms with Gasteiger partial charge >= 0.3 is 0 Å². The SMILES string of the molecule is O=C1Nc2ccc(N3CCOCC3)cc2Nc2nnc(Cl)cc21. The normalized spacial score (nSPS) is 16.7. The molecule has 1 aromatic carbocycles. The Morgan fingerprint density at radius 1 is 1.09 bits per heavy atom. The molecule has 0 saturated carbocycles. The number of fused-ring (bicyclic) bond motifs is 2. The number of benzene rings is 1. The summed E-state index contributed by atoms with van der Waals surface area (Å²) in [6, 6.07) is 7.36. The second kappa shape index (κ2) is 5.68. The van der Waals surface area contributed by atoms with Gasteiger partial charge in [0, 0.05) is 18.8 Å². The Morgan fingerprint density at radius 3 is 2.74 bits per heavy atom. The first-order valence-corrected chi connectivity index (χ1v) is 7.67. The zero-order chi connectivity index (χ0) is 15.8. The first kappa shape index (κ1) is 14.2. The molecule has 1 saturated heterocycles. The molecule has 0 spiro atoms. The summed E-state index contributed by atoms with van der Waals surface area (Å²) in [5.41, 5.74) is 2.91. The lowest BCUT2D eigenvalue weighted by Crippen LogP contribution is -2.36. The van der Waals surface area contributed by atoms with E-state index in [1.165, 1.54) is 6.07 Å². The number of nitrogens with one attached hydrogen (secondary N) is 2. The smallest absolute Gasteiger partial charge is 0.259 e. The van der Waals surface area contributed by atoms with E-state index in [2.05, 4.69) is 25.7 Å². The van der Waals surface area contributed by atoms with E-state index in [0.717, 1.165) is 24.5 Å². The fourth-order valence-electron chi connectivity index (χ4n) is 2.71. The number of halogens is 1. The van der Waals surface area contributed by atoms with Gasteiger partial charge in [0.1, 0.15) is 0 Å². The van der Waals surface area contributed by atoms with Crippen LogP contribution < -0.4 is 15.5 Å². The number of ether oxygens (including phenoxy) is 1. The predicted molar refractivity (Wildman–Crippen MR) is 87.8 cm³/mol. The number of hydrogen-bond acceptors (Lipinski definition) is 6. The van der Waals surface area contributed by atoms with Gasteiger partial charge in [-0.3, -0.25) is 4.79 Å². The van der Waals surface area contributed by atoms with Crippen LogP contribution in [-0.4, -0.2) is 42.4 Å². The lowest BCUT2D eigenvalue weighted by atomic mass is 10.2. The van der Waals surface area contributed by atoms with Crippen LogP contribution in [0.15, 0.2) is 24.3 Å². The molecule has 0 bridgehead atoms. The van der Waals surface area contributed by atoms with Crippen molar-refractivity contribution in [1.29, 1.82) is 0 Å². The highest BCUT2D eigenvalue weighted by atomic mass is 35.5. The van der Waals surface area contributed by atoms with Gasteiger partial charge in [0.2, 0.25) is 0 Å². The maximum Gasteiger partial charge on any atom is 0.259 e. The van der Waals surface area contributed by atoms with Gasteiger partial charge in [0.15, 0.2) is 11.0 Å². The van der Waals surface area contributed by atoms with E-state index in [1.54, 1.807) is 0 Å². The van der Waals surface area contributed by atoms with Crippen LogP contribution in [0.4, 0.5) is 22.9 Å². The van der Waals surface area contributed by atoms with Crippen LogP contribution in [-0.2, 0) is 4.74 Å². The number of amides is 1. The van der Waals surface area contributed by atoms with Gasteiger partial charge in [0.05, 0.1) is 30.2 Å². The quantitative estimate of drug-likeness (QED) is 0.834. The molecule has 2 N–H and O–H groups in total. The van der Waals surface area contributed by atoms with Crippen LogP contribution in [0.5, 0.6) is 0 Å². The van der Waals surface area contributed by atoms with Gasteiger partial charge in [0.25, 0.3) is 5.91 Å². The molecule has 23 heavy (non-hydrogen) atoms. The van der Waals surface area contributed by atoms with Gasteiger partial charge in [-0.2, -0.15) is 0 Å². The summed E-state index contributed by atoms with van der Waals surface area (Å²) in [6.07, 6.45) is 0. The third-order valence-electron chi connectivity index (χ3n) is 3.89. The largest absolute Gasteiger partial charge is 0.378 e. The van der Waals surface area contributed by atoms with Gasteiger partial charge < -0.3 is 20.3 Å². The molecule has 1 amide bonds. The van der Waals surface area contributed by atoms with Crippen molar-refractivity contribution in [2.75, 3.05) is 41.8 Å². The lowest BCUT2D eigenvalue weighted by molar-refractivity contribution is 0.102. The highest BCUT2D eigenvalue weighted by molar-refractivity contribution is 6.30. The average molecular weight is 332 g/mol. The first-order chi connectivity index (χ1) is 11.2. The number of morpholine rings is 1. The molecular formula is C15H14ClN5O2. The molecule has 4 rings (SSSR count). The number of hydrogen-bond donors (Lipinski definition) is 2. The second-order valence-corrected chi connectivity index (χ2v) is 5.73. The van der Waals surface area contributed by atoms with Crippen molar-refractivity contribution in [2.24, 2.45) is 0 Å². The highest BCUT2D eigenvalue weighted by Crippen LogP contribution is 2.34. The van der Waals surface area contributed by atoms with Crippen LogP contribution in [0.2, 0.25) is 5.15 Å². The fourth-order valence-corrected chi connectivity index (χ4v) is 2.86. The Hall–Kier alpha value is -2.38. The maximum atomic E-state index is 12.3. The third-order valence-corrected chi connectivity index (χ3v) is 4.07.